The molecule has 0 bridgehead atoms. The molecule has 0 radical (unpaired) electrons. The van der Waals surface area contributed by atoms with E-state index >= 15 is 0 Å². The molecule has 1 aromatic carbocycles. The van der Waals surface area contributed by atoms with E-state index in [-0.39, 0.29) is 28.1 Å². The van der Waals surface area contributed by atoms with E-state index in [9.17, 15) is 22.4 Å². The minimum absolute atomic E-state index is 0.0114. The van der Waals surface area contributed by atoms with Crippen molar-refractivity contribution in [2.24, 2.45) is 0 Å². The average Bonchev–Trinajstić information content (AvgIpc) is 2.66. The van der Waals surface area contributed by atoms with E-state index in [2.05, 4.69) is 10.1 Å². The smallest absolute Gasteiger partial charge is 0.368 e. The van der Waals surface area contributed by atoms with E-state index in [0.717, 1.165) is 16.8 Å². The van der Waals surface area contributed by atoms with Gasteiger partial charge in [-0.25, -0.2) is 9.37 Å². The molecule has 152 valence electrons. The van der Waals surface area contributed by atoms with Crippen LogP contribution >= 0.6 is 23.2 Å². The first kappa shape index (κ1) is 21.1. The lowest BCUT2D eigenvalue weighted by atomic mass is 10.2. The molecule has 0 amide bonds. The van der Waals surface area contributed by atoms with Gasteiger partial charge in [-0.1, -0.05) is 29.3 Å². The highest BCUT2D eigenvalue weighted by Crippen LogP contribution is 2.29. The Morgan fingerprint density at radius 3 is 2.45 bits per heavy atom. The Morgan fingerprint density at radius 2 is 1.86 bits per heavy atom. The van der Waals surface area contributed by atoms with Crippen LogP contribution in [0.5, 0.6) is 0 Å². The minimum atomic E-state index is -4.55. The summed E-state index contributed by atoms with van der Waals surface area (Å²) in [5, 5.41) is 3.71. The van der Waals surface area contributed by atoms with Gasteiger partial charge in [0.15, 0.2) is 5.82 Å². The molecule has 11 heteroatoms. The maximum Gasteiger partial charge on any atom is 0.417 e. The second-order valence-corrected chi connectivity index (χ2v) is 6.85. The quantitative estimate of drug-likeness (QED) is 0.543. The summed E-state index contributed by atoms with van der Waals surface area (Å²) in [6, 6.07) is 6.10. The second kappa shape index (κ2) is 8.00. The van der Waals surface area contributed by atoms with Crippen LogP contribution in [0.4, 0.5) is 23.2 Å². The topological polar surface area (TPSA) is 51.0 Å². The van der Waals surface area contributed by atoms with Crippen LogP contribution in [0.2, 0.25) is 10.0 Å². The molecule has 3 rings (SSSR count). The first-order valence-corrected chi connectivity index (χ1v) is 8.80. The van der Waals surface area contributed by atoms with Crippen molar-refractivity contribution in [1.29, 1.82) is 0 Å². The number of anilines is 1. The Morgan fingerprint density at radius 1 is 1.14 bits per heavy atom. The summed E-state index contributed by atoms with van der Waals surface area (Å²) in [5.74, 6) is -0.690. The standard InChI is InChI=1S/C18H12Cl2F4N4O/c1-27(9-10-2-4-12(19)13(21)6-10)14-8-26-28(17(29)16(14)20)15-5-3-11(7-25-15)18(22,23)24/h2-8H,9H2,1H3. The number of rotatable bonds is 4. The van der Waals surface area contributed by atoms with Gasteiger partial charge < -0.3 is 4.90 Å². The predicted molar refractivity (Wildman–Crippen MR) is 101 cm³/mol. The molecule has 0 saturated carbocycles. The molecule has 29 heavy (non-hydrogen) atoms. The zero-order chi connectivity index (χ0) is 21.3. The van der Waals surface area contributed by atoms with Crippen LogP contribution in [0, 0.1) is 5.82 Å². The van der Waals surface area contributed by atoms with Crippen molar-refractivity contribution >= 4 is 28.9 Å². The Balaban J connectivity index is 1.89. The zero-order valence-corrected chi connectivity index (χ0v) is 16.2. The molecular formula is C18H12Cl2F4N4O. The van der Waals surface area contributed by atoms with E-state index in [0.29, 0.717) is 11.8 Å². The number of aromatic nitrogens is 3. The molecule has 0 aliphatic rings. The van der Waals surface area contributed by atoms with E-state index < -0.39 is 23.1 Å². The van der Waals surface area contributed by atoms with Crippen molar-refractivity contribution in [3.63, 3.8) is 0 Å². The van der Waals surface area contributed by atoms with Crippen LogP contribution in [0.25, 0.3) is 5.82 Å². The fourth-order valence-corrected chi connectivity index (χ4v) is 2.92. The maximum absolute atomic E-state index is 13.6. The van der Waals surface area contributed by atoms with Crippen molar-refractivity contribution < 1.29 is 17.6 Å². The average molecular weight is 447 g/mol. The van der Waals surface area contributed by atoms with Crippen LogP contribution in [0.1, 0.15) is 11.1 Å². The summed E-state index contributed by atoms with van der Waals surface area (Å²) < 4.78 is 52.3. The molecule has 0 aliphatic carbocycles. The van der Waals surface area contributed by atoms with Gasteiger partial charge in [0.2, 0.25) is 0 Å². The highest BCUT2D eigenvalue weighted by Gasteiger charge is 2.30. The Labute approximate surface area is 172 Å². The Bertz CT molecular complexity index is 1100. The molecular weight excluding hydrogens is 435 g/mol. The Kier molecular flexibility index (Phi) is 5.81. The predicted octanol–water partition coefficient (Wildman–Crippen LogP) is 4.73. The lowest BCUT2D eigenvalue weighted by Gasteiger charge is -2.20. The summed E-state index contributed by atoms with van der Waals surface area (Å²) in [4.78, 5) is 17.7. The largest absolute Gasteiger partial charge is 0.417 e. The molecule has 0 N–H and O–H groups in total. The lowest BCUT2D eigenvalue weighted by Crippen LogP contribution is -2.26. The Hall–Kier alpha value is -2.65. The lowest BCUT2D eigenvalue weighted by molar-refractivity contribution is -0.137. The van der Waals surface area contributed by atoms with Gasteiger partial charge in [0.1, 0.15) is 10.8 Å². The summed E-state index contributed by atoms with van der Waals surface area (Å²) in [6.07, 6.45) is -2.67. The van der Waals surface area contributed by atoms with E-state index in [1.807, 2.05) is 0 Å². The number of nitrogens with zero attached hydrogens (tertiary/aromatic N) is 4. The third kappa shape index (κ3) is 4.51. The molecule has 0 fully saturated rings. The van der Waals surface area contributed by atoms with Crippen LogP contribution in [-0.2, 0) is 12.7 Å². The van der Waals surface area contributed by atoms with Crippen molar-refractivity contribution in [1.82, 2.24) is 14.8 Å². The van der Waals surface area contributed by atoms with Gasteiger partial charge in [-0.3, -0.25) is 4.79 Å². The van der Waals surface area contributed by atoms with Crippen molar-refractivity contribution in [2.75, 3.05) is 11.9 Å². The monoisotopic (exact) mass is 446 g/mol. The van der Waals surface area contributed by atoms with Crippen molar-refractivity contribution in [3.05, 3.63) is 80.1 Å². The van der Waals surface area contributed by atoms with Crippen molar-refractivity contribution in [3.8, 4) is 5.82 Å². The molecule has 0 unspecified atom stereocenters. The highest BCUT2D eigenvalue weighted by molar-refractivity contribution is 6.33. The number of hydrogen-bond acceptors (Lipinski definition) is 4. The number of benzene rings is 1. The molecule has 5 nitrogen and oxygen atoms in total. The minimum Gasteiger partial charge on any atom is -0.368 e. The summed E-state index contributed by atoms with van der Waals surface area (Å²) in [7, 11) is 1.62. The van der Waals surface area contributed by atoms with E-state index in [1.165, 1.54) is 18.3 Å². The number of alkyl halides is 3. The van der Waals surface area contributed by atoms with Gasteiger partial charge in [0.05, 0.1) is 22.5 Å². The third-order valence-electron chi connectivity index (χ3n) is 4.01. The van der Waals surface area contributed by atoms with Crippen molar-refractivity contribution in [2.45, 2.75) is 12.7 Å². The van der Waals surface area contributed by atoms with Gasteiger partial charge >= 0.3 is 6.18 Å². The fourth-order valence-electron chi connectivity index (χ4n) is 2.53. The second-order valence-electron chi connectivity index (χ2n) is 6.07. The molecule has 2 heterocycles. The zero-order valence-electron chi connectivity index (χ0n) is 14.7. The molecule has 2 aromatic heterocycles. The molecule has 0 saturated heterocycles. The maximum atomic E-state index is 13.6. The number of hydrogen-bond donors (Lipinski definition) is 0. The summed E-state index contributed by atoms with van der Waals surface area (Å²) in [5.41, 5.74) is -0.869. The van der Waals surface area contributed by atoms with E-state index in [1.54, 1.807) is 18.0 Å². The molecule has 0 atom stereocenters. The molecule has 0 spiro atoms. The van der Waals surface area contributed by atoms with Gasteiger partial charge in [0, 0.05) is 19.8 Å². The molecule has 0 aliphatic heterocycles. The highest BCUT2D eigenvalue weighted by atomic mass is 35.5. The van der Waals surface area contributed by atoms with Crippen LogP contribution in [-0.4, -0.2) is 21.8 Å². The van der Waals surface area contributed by atoms with Gasteiger partial charge in [-0.05, 0) is 29.8 Å². The number of halogens is 6. The van der Waals surface area contributed by atoms with Gasteiger partial charge in [-0.2, -0.15) is 23.0 Å². The van der Waals surface area contributed by atoms with Crippen LogP contribution < -0.4 is 10.5 Å². The van der Waals surface area contributed by atoms with Crippen LogP contribution in [0.3, 0.4) is 0 Å². The van der Waals surface area contributed by atoms with Gasteiger partial charge in [-0.15, -0.1) is 0 Å². The van der Waals surface area contributed by atoms with E-state index in [4.69, 9.17) is 23.2 Å². The third-order valence-corrected chi connectivity index (χ3v) is 4.67. The fraction of sp³-hybridized carbons (Fsp3) is 0.167. The molecule has 3 aromatic rings. The number of pyridine rings is 1. The summed E-state index contributed by atoms with van der Waals surface area (Å²) >= 11 is 11.8. The van der Waals surface area contributed by atoms with Gasteiger partial charge in [0.25, 0.3) is 5.56 Å². The summed E-state index contributed by atoms with van der Waals surface area (Å²) in [6.45, 7) is 0.206. The first-order chi connectivity index (χ1) is 13.6. The SMILES string of the molecule is CN(Cc1ccc(Cl)c(F)c1)c1cnn(-c2ccc(C(F)(F)F)cn2)c(=O)c1Cl. The first-order valence-electron chi connectivity index (χ1n) is 8.04. The normalized spacial score (nSPS) is 11.6. The van der Waals surface area contributed by atoms with Crippen LogP contribution in [0.15, 0.2) is 47.5 Å².